The van der Waals surface area contributed by atoms with E-state index in [1.807, 2.05) is 88.4 Å². The number of aliphatic hydroxyl groups excluding tert-OH is 1. The van der Waals surface area contributed by atoms with Crippen LogP contribution in [0.15, 0.2) is 60.7 Å². The first kappa shape index (κ1) is 47.4. The predicted molar refractivity (Wildman–Crippen MR) is 216 cm³/mol. The third-order valence-corrected chi connectivity index (χ3v) is 9.31. The van der Waals surface area contributed by atoms with Gasteiger partial charge in [-0.25, -0.2) is 4.79 Å². The van der Waals surface area contributed by atoms with Crippen molar-refractivity contribution in [2.75, 3.05) is 7.11 Å². The van der Waals surface area contributed by atoms with E-state index in [1.54, 1.807) is 27.7 Å². The molecule has 2 aromatic carbocycles. The Morgan fingerprint density at radius 2 is 1.09 bits per heavy atom. The molecule has 6 atom stereocenters. The van der Waals surface area contributed by atoms with Crippen LogP contribution in [0.1, 0.15) is 92.2 Å². The second-order valence-corrected chi connectivity index (χ2v) is 16.1. The van der Waals surface area contributed by atoms with Crippen LogP contribution in [0.3, 0.4) is 0 Å². The lowest BCUT2D eigenvalue weighted by Crippen LogP contribution is -2.58. The Hall–Kier alpha value is -4.78. The lowest BCUT2D eigenvalue weighted by molar-refractivity contribution is -0.146. The molecule has 13 heteroatoms. The van der Waals surface area contributed by atoms with Gasteiger partial charge in [-0.1, -0.05) is 116 Å². The van der Waals surface area contributed by atoms with Crippen molar-refractivity contribution < 1.29 is 38.6 Å². The zero-order valence-corrected chi connectivity index (χ0v) is 34.6. The van der Waals surface area contributed by atoms with Gasteiger partial charge in [0.2, 0.25) is 29.5 Å². The van der Waals surface area contributed by atoms with Gasteiger partial charge in [0.05, 0.1) is 19.3 Å². The van der Waals surface area contributed by atoms with Crippen molar-refractivity contribution in [2.45, 2.75) is 130 Å². The Kier molecular flexibility index (Phi) is 20.3. The molecule has 310 valence electrons. The zero-order chi connectivity index (χ0) is 41.9. The number of aliphatic hydroxyl groups is 1. The number of hydrogen-bond acceptors (Lipinski definition) is 8. The molecule has 5 amide bonds. The minimum Gasteiger partial charge on any atom is -0.467 e. The Labute approximate surface area is 332 Å². The average molecular weight is 780 g/mol. The number of amides is 5. The number of benzene rings is 2. The van der Waals surface area contributed by atoms with Gasteiger partial charge < -0.3 is 36.4 Å². The van der Waals surface area contributed by atoms with E-state index in [0.717, 1.165) is 11.1 Å². The standard InChI is InChI=1S/C43H65N5O8/c1-26(2)22-33(45-37(51)23-27(3)4)40(52)47-38(28(5)6)42(54)46-32(24-30-16-12-10-13-17-30)35(49)20-21-36(50)44-34(25-31-18-14-11-15-19-31)41(53)48-39(29(7)8)43(55)56-9/h10-19,26-29,32-35,38-39,49H,20-25H2,1-9H3,(H,44,50)(H,45,51)(H,46,54)(H,47,52)(H,48,53). The van der Waals surface area contributed by atoms with Crippen molar-refractivity contribution in [1.82, 2.24) is 26.6 Å². The predicted octanol–water partition coefficient (Wildman–Crippen LogP) is 3.61. The largest absolute Gasteiger partial charge is 0.467 e. The molecular formula is C43H65N5O8. The number of rotatable bonds is 23. The second kappa shape index (κ2) is 24.0. The molecule has 0 aromatic heterocycles. The summed E-state index contributed by atoms with van der Waals surface area (Å²) in [6.45, 7) is 14.9. The summed E-state index contributed by atoms with van der Waals surface area (Å²) < 4.78 is 4.87. The maximum absolute atomic E-state index is 13.9. The highest BCUT2D eigenvalue weighted by Gasteiger charge is 2.33. The quantitative estimate of drug-likeness (QED) is 0.0922. The number of esters is 1. The van der Waals surface area contributed by atoms with Gasteiger partial charge in [0, 0.05) is 19.3 Å². The molecule has 0 radical (unpaired) electrons. The van der Waals surface area contributed by atoms with Gasteiger partial charge in [0.15, 0.2) is 0 Å². The smallest absolute Gasteiger partial charge is 0.328 e. The molecule has 0 fully saturated rings. The Morgan fingerprint density at radius 3 is 1.59 bits per heavy atom. The third kappa shape index (κ3) is 16.9. The summed E-state index contributed by atoms with van der Waals surface area (Å²) in [6, 6.07) is 13.8. The average Bonchev–Trinajstić information content (AvgIpc) is 3.13. The molecule has 2 aromatic rings. The number of hydrogen-bond donors (Lipinski definition) is 6. The molecule has 6 unspecified atom stereocenters. The van der Waals surface area contributed by atoms with Crippen molar-refractivity contribution in [3.63, 3.8) is 0 Å². The summed E-state index contributed by atoms with van der Waals surface area (Å²) in [5.41, 5.74) is 1.62. The van der Waals surface area contributed by atoms with Crippen LogP contribution in [-0.4, -0.2) is 84.0 Å². The highest BCUT2D eigenvalue weighted by Crippen LogP contribution is 2.15. The third-order valence-electron chi connectivity index (χ3n) is 9.31. The highest BCUT2D eigenvalue weighted by atomic mass is 16.5. The van der Waals surface area contributed by atoms with Gasteiger partial charge in [-0.2, -0.15) is 0 Å². The molecule has 0 saturated heterocycles. The van der Waals surface area contributed by atoms with Crippen LogP contribution in [-0.2, 0) is 46.3 Å². The fraction of sp³-hybridized carbons (Fsp3) is 0.581. The van der Waals surface area contributed by atoms with E-state index in [1.165, 1.54) is 7.11 Å². The van der Waals surface area contributed by atoms with Gasteiger partial charge in [0.1, 0.15) is 24.2 Å². The van der Waals surface area contributed by atoms with Gasteiger partial charge in [-0.3, -0.25) is 24.0 Å². The molecule has 2 rings (SSSR count). The van der Waals surface area contributed by atoms with Crippen LogP contribution in [0.25, 0.3) is 0 Å². The Balaban J connectivity index is 2.25. The molecule has 0 spiro atoms. The maximum Gasteiger partial charge on any atom is 0.328 e. The van der Waals surface area contributed by atoms with E-state index in [-0.39, 0.29) is 61.7 Å². The minimum absolute atomic E-state index is 0.0584. The van der Waals surface area contributed by atoms with Crippen LogP contribution >= 0.6 is 0 Å². The van der Waals surface area contributed by atoms with Crippen molar-refractivity contribution in [3.05, 3.63) is 71.8 Å². The lowest BCUT2D eigenvalue weighted by Gasteiger charge is -2.30. The summed E-state index contributed by atoms with van der Waals surface area (Å²) in [7, 11) is 1.24. The van der Waals surface area contributed by atoms with Crippen molar-refractivity contribution in [2.24, 2.45) is 23.7 Å². The molecule has 0 heterocycles. The first-order chi connectivity index (χ1) is 26.4. The summed E-state index contributed by atoms with van der Waals surface area (Å²) in [5, 5.41) is 25.6. The van der Waals surface area contributed by atoms with E-state index in [2.05, 4.69) is 26.6 Å². The van der Waals surface area contributed by atoms with Crippen molar-refractivity contribution in [1.29, 1.82) is 0 Å². The van der Waals surface area contributed by atoms with E-state index in [4.69, 9.17) is 4.74 Å². The topological polar surface area (TPSA) is 192 Å². The number of ether oxygens (including phenoxy) is 1. The van der Waals surface area contributed by atoms with E-state index < -0.39 is 65.9 Å². The maximum atomic E-state index is 13.9. The SMILES string of the molecule is COC(=O)C(NC(=O)C(Cc1ccccc1)NC(=O)CCC(O)C(Cc1ccccc1)NC(=O)C(NC(=O)C(CC(C)C)NC(=O)CC(C)C)C(C)C)C(C)C. The lowest BCUT2D eigenvalue weighted by atomic mass is 9.95. The number of nitrogens with one attached hydrogen (secondary N) is 5. The molecule has 0 saturated carbocycles. The van der Waals surface area contributed by atoms with E-state index in [0.29, 0.717) is 6.42 Å². The zero-order valence-electron chi connectivity index (χ0n) is 34.6. The molecule has 0 aliphatic heterocycles. The van der Waals surface area contributed by atoms with Crippen LogP contribution in [0, 0.1) is 23.7 Å². The molecule has 13 nitrogen and oxygen atoms in total. The van der Waals surface area contributed by atoms with Gasteiger partial charge >= 0.3 is 5.97 Å². The van der Waals surface area contributed by atoms with Gasteiger partial charge in [-0.05, 0) is 54.1 Å². The fourth-order valence-corrected chi connectivity index (χ4v) is 6.22. The summed E-state index contributed by atoms with van der Waals surface area (Å²) in [4.78, 5) is 79.4. The Bertz CT molecular complexity index is 1550. The van der Waals surface area contributed by atoms with E-state index in [9.17, 15) is 33.9 Å². The van der Waals surface area contributed by atoms with Crippen LogP contribution in [0.5, 0.6) is 0 Å². The fourth-order valence-electron chi connectivity index (χ4n) is 6.22. The van der Waals surface area contributed by atoms with Crippen molar-refractivity contribution >= 4 is 35.5 Å². The molecule has 6 N–H and O–H groups in total. The summed E-state index contributed by atoms with van der Waals surface area (Å²) in [5.74, 6) is -3.30. The highest BCUT2D eigenvalue weighted by molar-refractivity contribution is 5.93. The molecular weight excluding hydrogens is 714 g/mol. The molecule has 0 aliphatic carbocycles. The number of carbonyl (C=O) groups excluding carboxylic acids is 6. The Morgan fingerprint density at radius 1 is 0.589 bits per heavy atom. The van der Waals surface area contributed by atoms with Crippen LogP contribution < -0.4 is 26.6 Å². The number of carbonyl (C=O) groups is 6. The number of methoxy groups -OCH3 is 1. The first-order valence-corrected chi connectivity index (χ1v) is 19.7. The molecule has 56 heavy (non-hydrogen) atoms. The van der Waals surface area contributed by atoms with Crippen LogP contribution in [0.2, 0.25) is 0 Å². The van der Waals surface area contributed by atoms with Gasteiger partial charge in [0.25, 0.3) is 0 Å². The monoisotopic (exact) mass is 779 g/mol. The van der Waals surface area contributed by atoms with Crippen LogP contribution in [0.4, 0.5) is 0 Å². The van der Waals surface area contributed by atoms with E-state index >= 15 is 0 Å². The minimum atomic E-state index is -1.19. The van der Waals surface area contributed by atoms with Gasteiger partial charge in [-0.15, -0.1) is 0 Å². The molecule has 0 bridgehead atoms. The van der Waals surface area contributed by atoms with Crippen molar-refractivity contribution in [3.8, 4) is 0 Å². The normalized spacial score (nSPS) is 14.6. The summed E-state index contributed by atoms with van der Waals surface area (Å²) in [6.07, 6.45) is -0.387. The second-order valence-electron chi connectivity index (χ2n) is 16.1. The first-order valence-electron chi connectivity index (χ1n) is 19.7. The summed E-state index contributed by atoms with van der Waals surface area (Å²) >= 11 is 0. The molecule has 0 aliphatic rings.